The van der Waals surface area contributed by atoms with Gasteiger partial charge in [-0.2, -0.15) is 0 Å². The smallest absolute Gasteiger partial charge is 0.412 e. The van der Waals surface area contributed by atoms with Crippen molar-refractivity contribution in [1.82, 2.24) is 0 Å². The van der Waals surface area contributed by atoms with E-state index in [9.17, 15) is 4.79 Å². The molecule has 0 atom stereocenters. The Morgan fingerprint density at radius 2 is 1.93 bits per heavy atom. The molecule has 0 fully saturated rings. The highest BCUT2D eigenvalue weighted by Crippen LogP contribution is 2.37. The standard InChI is InChI=1S/C21H24N2O5S/c1-21(2)18-14-16(8-11-19(18)23-20(24)27-21)26-13-5-4-12-22-28-29-17-9-6-15(25-3)7-10-17/h6-12,14H,4-5,13H2,1-3H3,(H,23,24). The Balaban J connectivity index is 1.37. The number of fused-ring (bicyclic) bond motifs is 1. The van der Waals surface area contributed by atoms with Crippen molar-refractivity contribution in [2.45, 2.75) is 37.2 Å². The van der Waals surface area contributed by atoms with Crippen LogP contribution in [0.1, 0.15) is 32.3 Å². The Morgan fingerprint density at radius 3 is 2.69 bits per heavy atom. The van der Waals surface area contributed by atoms with E-state index in [0.717, 1.165) is 40.5 Å². The number of unbranched alkanes of at least 4 members (excludes halogenated alkanes) is 1. The van der Waals surface area contributed by atoms with E-state index in [4.69, 9.17) is 18.5 Å². The first-order valence-corrected chi connectivity index (χ1v) is 9.99. The second-order valence-electron chi connectivity index (χ2n) is 6.84. The van der Waals surface area contributed by atoms with Crippen molar-refractivity contribution in [1.29, 1.82) is 0 Å². The minimum absolute atomic E-state index is 0.442. The summed E-state index contributed by atoms with van der Waals surface area (Å²) in [5.74, 6) is 1.54. The minimum Gasteiger partial charge on any atom is -0.497 e. The fraction of sp³-hybridized carbons (Fsp3) is 0.333. The summed E-state index contributed by atoms with van der Waals surface area (Å²) in [5, 5.41) is 6.63. The molecule has 2 aromatic carbocycles. The molecular formula is C21H24N2O5S. The molecule has 0 aliphatic carbocycles. The Bertz CT molecular complexity index is 868. The number of anilines is 1. The van der Waals surface area contributed by atoms with Crippen LogP contribution in [0.5, 0.6) is 11.5 Å². The number of carbonyl (C=O) groups excluding carboxylic acids is 1. The van der Waals surface area contributed by atoms with Gasteiger partial charge in [0, 0.05) is 11.8 Å². The van der Waals surface area contributed by atoms with Crippen molar-refractivity contribution < 1.29 is 23.3 Å². The Hall–Kier alpha value is -2.87. The molecule has 29 heavy (non-hydrogen) atoms. The number of rotatable bonds is 9. The van der Waals surface area contributed by atoms with E-state index in [-0.39, 0.29) is 0 Å². The fourth-order valence-corrected chi connectivity index (χ4v) is 3.22. The lowest BCUT2D eigenvalue weighted by Crippen LogP contribution is -2.34. The van der Waals surface area contributed by atoms with Crippen molar-refractivity contribution >= 4 is 30.0 Å². The highest BCUT2D eigenvalue weighted by molar-refractivity contribution is 7.94. The van der Waals surface area contributed by atoms with Gasteiger partial charge >= 0.3 is 6.09 Å². The van der Waals surface area contributed by atoms with E-state index < -0.39 is 11.7 Å². The summed E-state index contributed by atoms with van der Waals surface area (Å²) in [6.07, 6.45) is 2.81. The molecule has 0 aromatic heterocycles. The second-order valence-corrected chi connectivity index (χ2v) is 7.63. The lowest BCUT2D eigenvalue weighted by Gasteiger charge is -2.32. The molecule has 1 aliphatic rings. The van der Waals surface area contributed by atoms with Gasteiger partial charge in [-0.05, 0) is 69.2 Å². The first-order valence-electron chi connectivity index (χ1n) is 9.25. The third-order valence-corrected chi connectivity index (χ3v) is 4.91. The number of oxime groups is 1. The second kappa shape index (κ2) is 9.56. The lowest BCUT2D eigenvalue weighted by molar-refractivity contribution is 0.0418. The van der Waals surface area contributed by atoms with Crippen molar-refractivity contribution in [3.63, 3.8) is 0 Å². The van der Waals surface area contributed by atoms with Crippen LogP contribution in [0, 0.1) is 0 Å². The van der Waals surface area contributed by atoms with Gasteiger partial charge in [0.05, 0.1) is 24.3 Å². The van der Waals surface area contributed by atoms with Crippen LogP contribution < -0.4 is 14.8 Å². The number of methoxy groups -OCH3 is 1. The summed E-state index contributed by atoms with van der Waals surface area (Å²) in [4.78, 5) is 12.5. The van der Waals surface area contributed by atoms with Crippen LogP contribution >= 0.6 is 12.0 Å². The third kappa shape index (κ3) is 5.80. The normalized spacial score (nSPS) is 14.7. The monoisotopic (exact) mass is 416 g/mol. The number of amides is 1. The Morgan fingerprint density at radius 1 is 1.17 bits per heavy atom. The molecule has 1 amide bonds. The summed E-state index contributed by atoms with van der Waals surface area (Å²) in [6, 6.07) is 13.1. The van der Waals surface area contributed by atoms with E-state index in [1.54, 1.807) is 13.3 Å². The highest BCUT2D eigenvalue weighted by Gasteiger charge is 2.33. The molecule has 2 aromatic rings. The molecule has 154 valence electrons. The van der Waals surface area contributed by atoms with E-state index in [1.165, 1.54) is 12.0 Å². The number of carbonyl (C=O) groups is 1. The number of cyclic esters (lactones) is 1. The quantitative estimate of drug-likeness (QED) is 0.257. The summed E-state index contributed by atoms with van der Waals surface area (Å²) < 4.78 is 21.5. The molecule has 7 nitrogen and oxygen atoms in total. The Labute approximate surface area is 174 Å². The van der Waals surface area contributed by atoms with Crippen molar-refractivity contribution in [3.8, 4) is 11.5 Å². The first kappa shape index (κ1) is 20.9. The topological polar surface area (TPSA) is 78.4 Å². The van der Waals surface area contributed by atoms with E-state index in [1.807, 2.05) is 56.3 Å². The highest BCUT2D eigenvalue weighted by atomic mass is 32.2. The third-order valence-electron chi connectivity index (χ3n) is 4.28. The first-order chi connectivity index (χ1) is 14.0. The number of nitrogens with one attached hydrogen (secondary N) is 1. The fourth-order valence-electron chi connectivity index (χ4n) is 2.79. The summed E-state index contributed by atoms with van der Waals surface area (Å²) >= 11 is 1.19. The van der Waals surface area contributed by atoms with Gasteiger partial charge in [0.1, 0.15) is 29.1 Å². The van der Waals surface area contributed by atoms with E-state index in [0.29, 0.717) is 6.61 Å². The summed E-state index contributed by atoms with van der Waals surface area (Å²) in [7, 11) is 1.63. The van der Waals surface area contributed by atoms with Gasteiger partial charge in [0.25, 0.3) is 0 Å². The molecule has 1 heterocycles. The van der Waals surface area contributed by atoms with Gasteiger partial charge < -0.3 is 18.5 Å². The molecular weight excluding hydrogens is 392 g/mol. The van der Waals surface area contributed by atoms with E-state index in [2.05, 4.69) is 10.5 Å². The zero-order chi connectivity index (χ0) is 20.7. The molecule has 8 heteroatoms. The minimum atomic E-state index is -0.692. The van der Waals surface area contributed by atoms with Crippen LogP contribution in [0.4, 0.5) is 10.5 Å². The van der Waals surface area contributed by atoms with Crippen LogP contribution in [-0.4, -0.2) is 26.0 Å². The van der Waals surface area contributed by atoms with Crippen LogP contribution in [0.15, 0.2) is 52.5 Å². The van der Waals surface area contributed by atoms with Gasteiger partial charge in [0.2, 0.25) is 0 Å². The number of ether oxygens (including phenoxy) is 3. The maximum atomic E-state index is 11.6. The molecule has 0 bridgehead atoms. The molecule has 1 N–H and O–H groups in total. The number of hydrogen-bond donors (Lipinski definition) is 1. The molecule has 0 unspecified atom stereocenters. The predicted octanol–water partition coefficient (Wildman–Crippen LogP) is 5.36. The molecule has 0 spiro atoms. The predicted molar refractivity (Wildman–Crippen MR) is 113 cm³/mol. The average Bonchev–Trinajstić information content (AvgIpc) is 2.70. The number of benzene rings is 2. The lowest BCUT2D eigenvalue weighted by atomic mass is 9.94. The van der Waals surface area contributed by atoms with Crippen molar-refractivity contribution in [2.24, 2.45) is 5.16 Å². The largest absolute Gasteiger partial charge is 0.497 e. The molecule has 3 rings (SSSR count). The summed E-state index contributed by atoms with van der Waals surface area (Å²) in [6.45, 7) is 4.26. The zero-order valence-corrected chi connectivity index (χ0v) is 17.5. The van der Waals surface area contributed by atoms with Gasteiger partial charge in [-0.1, -0.05) is 5.16 Å². The summed E-state index contributed by atoms with van der Waals surface area (Å²) in [5.41, 5.74) is 0.945. The van der Waals surface area contributed by atoms with Crippen molar-refractivity contribution in [2.75, 3.05) is 19.0 Å². The van der Waals surface area contributed by atoms with Crippen LogP contribution in [0.3, 0.4) is 0 Å². The van der Waals surface area contributed by atoms with Gasteiger partial charge in [-0.25, -0.2) is 4.79 Å². The average molecular weight is 416 g/mol. The number of nitrogens with zero attached hydrogens (tertiary/aromatic N) is 1. The van der Waals surface area contributed by atoms with Crippen LogP contribution in [0.25, 0.3) is 0 Å². The van der Waals surface area contributed by atoms with Gasteiger partial charge in [0.15, 0.2) is 0 Å². The Kier molecular flexibility index (Phi) is 6.87. The zero-order valence-electron chi connectivity index (χ0n) is 16.6. The van der Waals surface area contributed by atoms with Gasteiger partial charge in [-0.3, -0.25) is 5.32 Å². The molecule has 1 aliphatic heterocycles. The van der Waals surface area contributed by atoms with Crippen LogP contribution in [-0.2, 0) is 14.6 Å². The SMILES string of the molecule is COc1ccc(SON=CCCCOc2ccc3c(c2)C(C)(C)OC(=O)N3)cc1. The number of hydrogen-bond acceptors (Lipinski definition) is 7. The van der Waals surface area contributed by atoms with Gasteiger partial charge in [-0.15, -0.1) is 0 Å². The maximum absolute atomic E-state index is 11.6. The van der Waals surface area contributed by atoms with E-state index >= 15 is 0 Å². The molecule has 0 saturated carbocycles. The van der Waals surface area contributed by atoms with Crippen molar-refractivity contribution in [3.05, 3.63) is 48.0 Å². The van der Waals surface area contributed by atoms with Crippen LogP contribution in [0.2, 0.25) is 0 Å². The molecule has 0 saturated heterocycles. The maximum Gasteiger partial charge on any atom is 0.412 e. The molecule has 0 radical (unpaired) electrons.